The van der Waals surface area contributed by atoms with Gasteiger partial charge in [0.25, 0.3) is 0 Å². The summed E-state index contributed by atoms with van der Waals surface area (Å²) in [7, 11) is 0. The van der Waals surface area contributed by atoms with Gasteiger partial charge >= 0.3 is 0 Å². The molecule has 0 amide bonds. The molecule has 0 bridgehead atoms. The summed E-state index contributed by atoms with van der Waals surface area (Å²) in [4.78, 5) is 0. The van der Waals surface area contributed by atoms with E-state index in [0.29, 0.717) is 5.56 Å². The molecule has 3 heteroatoms. The molecule has 1 nitrogen and oxygen atoms in total. The monoisotopic (exact) mass is 165 g/mol. The van der Waals surface area contributed by atoms with Crippen molar-refractivity contribution in [1.29, 1.82) is 5.26 Å². The Hall–Kier alpha value is -1.69. The lowest BCUT2D eigenvalue weighted by molar-refractivity contribution is 0.508. The van der Waals surface area contributed by atoms with Crippen LogP contribution in [0.5, 0.6) is 0 Å². The van der Waals surface area contributed by atoms with Gasteiger partial charge in [0.2, 0.25) is 0 Å². The second-order valence-corrected chi connectivity index (χ2v) is 2.14. The fourth-order valence-electron chi connectivity index (χ4n) is 0.750. The van der Waals surface area contributed by atoms with E-state index in [1.807, 2.05) is 0 Å². The average Bonchev–Trinajstić information content (AvgIpc) is 2.07. The van der Waals surface area contributed by atoms with E-state index < -0.39 is 11.6 Å². The van der Waals surface area contributed by atoms with Crippen LogP contribution in [-0.2, 0) is 0 Å². The largest absolute Gasteiger partial charge is 0.204 e. The summed E-state index contributed by atoms with van der Waals surface area (Å²) in [6.45, 7) is 0. The molecule has 1 rings (SSSR count). The van der Waals surface area contributed by atoms with Crippen molar-refractivity contribution in [3.05, 3.63) is 41.5 Å². The van der Waals surface area contributed by atoms with Crippen LogP contribution in [0.3, 0.4) is 0 Å². The van der Waals surface area contributed by atoms with Gasteiger partial charge in [0.15, 0.2) is 11.6 Å². The molecule has 0 aromatic heterocycles. The maximum absolute atomic E-state index is 12.5. The third-order valence-corrected chi connectivity index (χ3v) is 1.29. The molecule has 0 radical (unpaired) electrons. The van der Waals surface area contributed by atoms with Crippen molar-refractivity contribution in [2.75, 3.05) is 0 Å². The van der Waals surface area contributed by atoms with Crippen LogP contribution in [0.4, 0.5) is 8.78 Å². The molecule has 0 unspecified atom stereocenters. The van der Waals surface area contributed by atoms with Gasteiger partial charge in [-0.2, -0.15) is 5.26 Å². The first kappa shape index (κ1) is 8.41. The van der Waals surface area contributed by atoms with Gasteiger partial charge in [-0.25, -0.2) is 8.78 Å². The van der Waals surface area contributed by atoms with E-state index in [1.54, 1.807) is 6.07 Å². The van der Waals surface area contributed by atoms with Gasteiger partial charge in [-0.05, 0) is 23.8 Å². The highest BCUT2D eigenvalue weighted by atomic mass is 19.2. The molecule has 1 aromatic rings. The lowest BCUT2D eigenvalue weighted by Crippen LogP contribution is -1.83. The first-order chi connectivity index (χ1) is 5.74. The lowest BCUT2D eigenvalue weighted by Gasteiger charge is -1.93. The molecule has 0 spiro atoms. The summed E-state index contributed by atoms with van der Waals surface area (Å²) >= 11 is 0. The predicted octanol–water partition coefficient (Wildman–Crippen LogP) is 2.50. The minimum absolute atomic E-state index is 0.468. The van der Waals surface area contributed by atoms with Gasteiger partial charge in [-0.1, -0.05) is 6.07 Å². The highest BCUT2D eigenvalue weighted by molar-refractivity contribution is 5.51. The van der Waals surface area contributed by atoms with Crippen LogP contribution in [-0.4, -0.2) is 0 Å². The van der Waals surface area contributed by atoms with Crippen LogP contribution >= 0.6 is 0 Å². The Morgan fingerprint density at radius 2 is 2.00 bits per heavy atom. The first-order valence-corrected chi connectivity index (χ1v) is 3.25. The van der Waals surface area contributed by atoms with Crippen LogP contribution in [0, 0.1) is 23.0 Å². The predicted molar refractivity (Wildman–Crippen MR) is 41.0 cm³/mol. The quantitative estimate of drug-likeness (QED) is 0.586. The highest BCUT2D eigenvalue weighted by Crippen LogP contribution is 2.09. The molecular formula is C9H5F2N. The van der Waals surface area contributed by atoms with Gasteiger partial charge in [0.1, 0.15) is 0 Å². The Kier molecular flexibility index (Phi) is 2.54. The van der Waals surface area contributed by atoms with E-state index in [4.69, 9.17) is 5.26 Å². The highest BCUT2D eigenvalue weighted by Gasteiger charge is 1.99. The zero-order valence-electron chi connectivity index (χ0n) is 6.09. The maximum Gasteiger partial charge on any atom is 0.159 e. The third kappa shape index (κ3) is 1.89. The summed E-state index contributed by atoms with van der Waals surface area (Å²) in [6.07, 6.45) is 2.61. The molecule has 0 saturated carbocycles. The van der Waals surface area contributed by atoms with Gasteiger partial charge in [-0.3, -0.25) is 0 Å². The summed E-state index contributed by atoms with van der Waals surface area (Å²) in [5.41, 5.74) is 0.468. The summed E-state index contributed by atoms with van der Waals surface area (Å²) in [5.74, 6) is -1.79. The molecule has 0 saturated heterocycles. The molecule has 0 heterocycles. The topological polar surface area (TPSA) is 23.8 Å². The zero-order chi connectivity index (χ0) is 8.97. The molecule has 0 N–H and O–H groups in total. The summed E-state index contributed by atoms with van der Waals surface area (Å²) in [5, 5.41) is 8.15. The molecule has 0 fully saturated rings. The van der Waals surface area contributed by atoms with Gasteiger partial charge in [0, 0.05) is 6.08 Å². The van der Waals surface area contributed by atoms with Crippen molar-refractivity contribution in [2.24, 2.45) is 0 Å². The van der Waals surface area contributed by atoms with Crippen LogP contribution in [0.2, 0.25) is 0 Å². The van der Waals surface area contributed by atoms with E-state index >= 15 is 0 Å². The van der Waals surface area contributed by atoms with E-state index in [0.717, 1.165) is 12.1 Å². The second kappa shape index (κ2) is 3.63. The number of nitrogens with zero attached hydrogens (tertiary/aromatic N) is 1. The Labute approximate surface area is 68.6 Å². The second-order valence-electron chi connectivity index (χ2n) is 2.14. The fraction of sp³-hybridized carbons (Fsp3) is 0. The maximum atomic E-state index is 12.5. The van der Waals surface area contributed by atoms with Gasteiger partial charge < -0.3 is 0 Å². The van der Waals surface area contributed by atoms with Crippen molar-refractivity contribution < 1.29 is 8.78 Å². The molecule has 1 aromatic carbocycles. The van der Waals surface area contributed by atoms with Gasteiger partial charge in [-0.15, -0.1) is 0 Å². The standard InChI is InChI=1S/C9H5F2N/c10-8-4-3-7(2-1-5-12)6-9(8)11/h1-4,6H/b2-1+. The number of benzene rings is 1. The normalized spacial score (nSPS) is 10.1. The van der Waals surface area contributed by atoms with Crippen LogP contribution in [0.25, 0.3) is 6.08 Å². The Bertz CT molecular complexity index is 350. The van der Waals surface area contributed by atoms with Crippen molar-refractivity contribution >= 4 is 6.08 Å². The van der Waals surface area contributed by atoms with Gasteiger partial charge in [0.05, 0.1) is 6.07 Å². The minimum Gasteiger partial charge on any atom is -0.204 e. The molecule has 0 aliphatic carbocycles. The number of rotatable bonds is 1. The summed E-state index contributed by atoms with van der Waals surface area (Å²) < 4.78 is 24.9. The van der Waals surface area contributed by atoms with Crippen molar-refractivity contribution in [3.8, 4) is 6.07 Å². The number of hydrogen-bond acceptors (Lipinski definition) is 1. The number of allylic oxidation sites excluding steroid dienone is 1. The smallest absolute Gasteiger partial charge is 0.159 e. The average molecular weight is 165 g/mol. The lowest BCUT2D eigenvalue weighted by atomic mass is 10.2. The van der Waals surface area contributed by atoms with E-state index in [1.165, 1.54) is 18.2 Å². The number of halogens is 2. The van der Waals surface area contributed by atoms with E-state index in [9.17, 15) is 8.78 Å². The van der Waals surface area contributed by atoms with E-state index in [2.05, 4.69) is 0 Å². The molecule has 12 heavy (non-hydrogen) atoms. The van der Waals surface area contributed by atoms with Crippen molar-refractivity contribution in [2.45, 2.75) is 0 Å². The Balaban J connectivity index is 2.99. The fourth-order valence-corrected chi connectivity index (χ4v) is 0.750. The third-order valence-electron chi connectivity index (χ3n) is 1.29. The Morgan fingerprint density at radius 3 is 2.58 bits per heavy atom. The Morgan fingerprint density at radius 1 is 1.25 bits per heavy atom. The number of nitriles is 1. The van der Waals surface area contributed by atoms with Crippen LogP contribution in [0.1, 0.15) is 5.56 Å². The van der Waals surface area contributed by atoms with Crippen LogP contribution in [0.15, 0.2) is 24.3 Å². The zero-order valence-corrected chi connectivity index (χ0v) is 6.09. The van der Waals surface area contributed by atoms with Crippen molar-refractivity contribution in [3.63, 3.8) is 0 Å². The first-order valence-electron chi connectivity index (χ1n) is 3.25. The van der Waals surface area contributed by atoms with Crippen LogP contribution < -0.4 is 0 Å². The molecule has 0 atom stereocenters. The summed E-state index contributed by atoms with van der Waals surface area (Å²) in [6, 6.07) is 5.20. The van der Waals surface area contributed by atoms with E-state index in [-0.39, 0.29) is 0 Å². The van der Waals surface area contributed by atoms with Crippen molar-refractivity contribution in [1.82, 2.24) is 0 Å². The molecular weight excluding hydrogens is 160 g/mol. The SMILES string of the molecule is N#C/C=C/c1ccc(F)c(F)c1. The molecule has 0 aliphatic heterocycles. The molecule has 60 valence electrons. The molecule has 0 aliphatic rings. The number of hydrogen-bond donors (Lipinski definition) is 0. The minimum atomic E-state index is -0.907.